The Hall–Kier alpha value is -1.69. The molecule has 5 nitrogen and oxygen atoms in total. The molecule has 1 N–H and O–H groups in total. The van der Waals surface area contributed by atoms with E-state index in [2.05, 4.69) is 58.4 Å². The van der Waals surface area contributed by atoms with Gasteiger partial charge in [-0.3, -0.25) is 14.5 Å². The maximum atomic E-state index is 9.46. The van der Waals surface area contributed by atoms with E-state index in [0.29, 0.717) is 6.04 Å². The van der Waals surface area contributed by atoms with Crippen LogP contribution in [0.25, 0.3) is 0 Å². The lowest BCUT2D eigenvalue weighted by Gasteiger charge is -2.41. The molecule has 0 spiro atoms. The van der Waals surface area contributed by atoms with E-state index in [1.165, 1.54) is 11.1 Å². The number of piperazine rings is 1. The fourth-order valence-electron chi connectivity index (χ4n) is 3.47. The number of hydrogen-bond donors (Lipinski definition) is 1. The number of aryl methyl sites for hydroxylation is 1. The topological polar surface area (TPSA) is 44.5 Å². The van der Waals surface area contributed by atoms with Crippen molar-refractivity contribution < 1.29 is 5.11 Å². The zero-order chi connectivity index (χ0) is 16.8. The fourth-order valence-corrected chi connectivity index (χ4v) is 3.47. The summed E-state index contributed by atoms with van der Waals surface area (Å²) in [6, 6.07) is 11.0. The van der Waals surface area contributed by atoms with Crippen LogP contribution >= 0.6 is 0 Å². The Balaban J connectivity index is 1.60. The molecule has 0 bridgehead atoms. The first-order chi connectivity index (χ1) is 11.8. The Morgan fingerprint density at radius 1 is 1.12 bits per heavy atom. The second-order valence-corrected chi connectivity index (χ2v) is 6.56. The minimum absolute atomic E-state index is 0.248. The maximum Gasteiger partial charge on any atom is 0.0534 e. The van der Waals surface area contributed by atoms with Gasteiger partial charge in [0.1, 0.15) is 0 Å². The second kappa shape index (κ2) is 8.42. The van der Waals surface area contributed by atoms with Crippen molar-refractivity contribution in [1.82, 2.24) is 19.6 Å². The molecule has 0 unspecified atom stereocenters. The van der Waals surface area contributed by atoms with E-state index in [4.69, 9.17) is 0 Å². The number of aromatic nitrogens is 2. The zero-order valence-corrected chi connectivity index (χ0v) is 14.5. The quantitative estimate of drug-likeness (QED) is 0.844. The second-order valence-electron chi connectivity index (χ2n) is 6.56. The maximum absolute atomic E-state index is 9.46. The summed E-state index contributed by atoms with van der Waals surface area (Å²) in [5.41, 5.74) is 2.62. The van der Waals surface area contributed by atoms with Gasteiger partial charge in [-0.05, 0) is 18.9 Å². The summed E-state index contributed by atoms with van der Waals surface area (Å²) in [7, 11) is 0. The molecule has 1 aliphatic rings. The van der Waals surface area contributed by atoms with Crippen molar-refractivity contribution in [2.75, 3.05) is 26.2 Å². The molecule has 1 atom stereocenters. The van der Waals surface area contributed by atoms with Crippen molar-refractivity contribution in [3.05, 3.63) is 53.9 Å². The van der Waals surface area contributed by atoms with Crippen LogP contribution in [0.4, 0.5) is 0 Å². The number of aliphatic hydroxyl groups excluding tert-OH is 1. The summed E-state index contributed by atoms with van der Waals surface area (Å²) in [6.45, 7) is 8.29. The zero-order valence-electron chi connectivity index (χ0n) is 14.5. The van der Waals surface area contributed by atoms with Crippen molar-refractivity contribution in [2.24, 2.45) is 0 Å². The molecule has 130 valence electrons. The molecule has 24 heavy (non-hydrogen) atoms. The van der Waals surface area contributed by atoms with Crippen LogP contribution in [-0.2, 0) is 19.6 Å². The fraction of sp³-hybridized carbons (Fsp3) is 0.526. The van der Waals surface area contributed by atoms with Gasteiger partial charge in [-0.25, -0.2) is 0 Å². The predicted molar refractivity (Wildman–Crippen MR) is 95.5 cm³/mol. The number of aliphatic hydroxyl groups is 1. The highest BCUT2D eigenvalue weighted by molar-refractivity contribution is 5.15. The van der Waals surface area contributed by atoms with E-state index in [0.717, 1.165) is 45.7 Å². The van der Waals surface area contributed by atoms with Crippen molar-refractivity contribution in [3.63, 3.8) is 0 Å². The summed E-state index contributed by atoms with van der Waals surface area (Å²) >= 11 is 0. The third-order valence-corrected chi connectivity index (χ3v) is 4.80. The van der Waals surface area contributed by atoms with Crippen LogP contribution in [-0.4, -0.2) is 57.0 Å². The molecule has 0 radical (unpaired) electrons. The first-order valence-electron chi connectivity index (χ1n) is 8.91. The Morgan fingerprint density at radius 2 is 1.96 bits per heavy atom. The SMILES string of the molecule is CCn1cc(CN2CCN(Cc3ccccc3)[C@@H](CCO)C2)cn1. The highest BCUT2D eigenvalue weighted by Crippen LogP contribution is 2.18. The van der Waals surface area contributed by atoms with Crippen LogP contribution in [0.3, 0.4) is 0 Å². The van der Waals surface area contributed by atoms with Gasteiger partial charge in [0.05, 0.1) is 6.20 Å². The lowest BCUT2D eigenvalue weighted by molar-refractivity contribution is 0.0500. The third-order valence-electron chi connectivity index (χ3n) is 4.80. The first kappa shape index (κ1) is 17.1. The van der Waals surface area contributed by atoms with Gasteiger partial charge in [-0.1, -0.05) is 30.3 Å². The summed E-state index contributed by atoms with van der Waals surface area (Å²) in [5, 5.41) is 13.8. The lowest BCUT2D eigenvalue weighted by Crippen LogP contribution is -2.52. The first-order valence-corrected chi connectivity index (χ1v) is 8.91. The Kier molecular flexibility index (Phi) is 6.01. The smallest absolute Gasteiger partial charge is 0.0534 e. The van der Waals surface area contributed by atoms with Crippen molar-refractivity contribution >= 4 is 0 Å². The number of hydrogen-bond acceptors (Lipinski definition) is 4. The molecule has 0 amide bonds. The van der Waals surface area contributed by atoms with Crippen LogP contribution in [0.15, 0.2) is 42.7 Å². The van der Waals surface area contributed by atoms with E-state index < -0.39 is 0 Å². The van der Waals surface area contributed by atoms with Crippen molar-refractivity contribution in [3.8, 4) is 0 Å². The Labute approximate surface area is 144 Å². The minimum atomic E-state index is 0.248. The summed E-state index contributed by atoms with van der Waals surface area (Å²) < 4.78 is 1.98. The Bertz CT molecular complexity index is 613. The molecule has 2 heterocycles. The monoisotopic (exact) mass is 328 g/mol. The van der Waals surface area contributed by atoms with Crippen molar-refractivity contribution in [2.45, 2.75) is 39.0 Å². The molecule has 1 saturated heterocycles. The number of benzene rings is 1. The van der Waals surface area contributed by atoms with Crippen LogP contribution in [0.1, 0.15) is 24.5 Å². The molecular formula is C19H28N4O. The van der Waals surface area contributed by atoms with Crippen molar-refractivity contribution in [1.29, 1.82) is 0 Å². The van der Waals surface area contributed by atoms with Gasteiger partial charge in [0, 0.05) is 63.7 Å². The third kappa shape index (κ3) is 4.44. The van der Waals surface area contributed by atoms with Crippen LogP contribution in [0.5, 0.6) is 0 Å². The van der Waals surface area contributed by atoms with E-state index in [1.807, 2.05) is 10.9 Å². The van der Waals surface area contributed by atoms with Crippen LogP contribution in [0.2, 0.25) is 0 Å². The lowest BCUT2D eigenvalue weighted by atomic mass is 10.1. The van der Waals surface area contributed by atoms with Gasteiger partial charge >= 0.3 is 0 Å². The molecular weight excluding hydrogens is 300 g/mol. The van der Waals surface area contributed by atoms with E-state index in [-0.39, 0.29) is 6.61 Å². The Morgan fingerprint density at radius 3 is 2.67 bits per heavy atom. The largest absolute Gasteiger partial charge is 0.396 e. The molecule has 1 fully saturated rings. The highest BCUT2D eigenvalue weighted by Gasteiger charge is 2.26. The van der Waals surface area contributed by atoms with Gasteiger partial charge in [-0.2, -0.15) is 5.10 Å². The molecule has 1 aromatic heterocycles. The molecule has 1 aliphatic heterocycles. The van der Waals surface area contributed by atoms with Gasteiger partial charge in [0.15, 0.2) is 0 Å². The minimum Gasteiger partial charge on any atom is -0.396 e. The number of nitrogens with zero attached hydrogens (tertiary/aromatic N) is 4. The van der Waals surface area contributed by atoms with Gasteiger partial charge in [0.25, 0.3) is 0 Å². The van der Waals surface area contributed by atoms with E-state index in [1.54, 1.807) is 0 Å². The van der Waals surface area contributed by atoms with Gasteiger partial charge in [0.2, 0.25) is 0 Å². The summed E-state index contributed by atoms with van der Waals surface area (Å²) in [4.78, 5) is 5.00. The van der Waals surface area contributed by atoms with Crippen LogP contribution in [0, 0.1) is 0 Å². The van der Waals surface area contributed by atoms with Gasteiger partial charge in [-0.15, -0.1) is 0 Å². The summed E-state index contributed by atoms with van der Waals surface area (Å²) in [5.74, 6) is 0. The van der Waals surface area contributed by atoms with Crippen LogP contribution < -0.4 is 0 Å². The van der Waals surface area contributed by atoms with Gasteiger partial charge < -0.3 is 5.11 Å². The average Bonchev–Trinajstić information content (AvgIpc) is 3.06. The van der Waals surface area contributed by atoms with E-state index >= 15 is 0 Å². The normalized spacial score (nSPS) is 19.7. The summed E-state index contributed by atoms with van der Waals surface area (Å²) in [6.07, 6.45) is 4.94. The molecule has 0 saturated carbocycles. The highest BCUT2D eigenvalue weighted by atomic mass is 16.3. The molecule has 1 aromatic carbocycles. The average molecular weight is 328 g/mol. The predicted octanol–water partition coefficient (Wildman–Crippen LogP) is 1.97. The van der Waals surface area contributed by atoms with E-state index in [9.17, 15) is 5.11 Å². The number of rotatable bonds is 7. The molecule has 5 heteroatoms. The standard InChI is InChI=1S/C19H28N4O/c1-2-23-15-18(12-20-23)13-21-9-10-22(19(16-21)8-11-24)14-17-6-4-3-5-7-17/h3-7,12,15,19,24H,2,8-11,13-14,16H2,1H3/t19-/m0/s1. The molecule has 0 aliphatic carbocycles. The molecule has 3 rings (SSSR count). The molecule has 2 aromatic rings.